The number of oxazole rings is 1. The van der Waals surface area contributed by atoms with Crippen molar-refractivity contribution in [1.29, 1.82) is 0 Å². The number of nitrogens with zero attached hydrogens (tertiary/aromatic N) is 1. The van der Waals surface area contributed by atoms with Gasteiger partial charge >= 0.3 is 0 Å². The minimum Gasteiger partial charge on any atom is -0.428 e. The average Bonchev–Trinajstić information content (AvgIpc) is 3.24. The molecule has 0 bridgehead atoms. The molecule has 1 heterocycles. The summed E-state index contributed by atoms with van der Waals surface area (Å²) in [6.45, 7) is 0. The number of ketones is 1. The zero-order chi connectivity index (χ0) is 22.7. The second-order valence-electron chi connectivity index (χ2n) is 6.65. The maximum Gasteiger partial charge on any atom is 0.228 e. The highest BCUT2D eigenvalue weighted by Gasteiger charge is 2.29. The van der Waals surface area contributed by atoms with Crippen LogP contribution in [0.5, 0.6) is 0 Å². The molecule has 162 valence electrons. The minimum absolute atomic E-state index is 0.00667. The number of sulfone groups is 1. The number of carbonyl (C=O) groups is 1. The van der Waals surface area contributed by atoms with Crippen molar-refractivity contribution in [2.75, 3.05) is 5.75 Å². The molecule has 5 nitrogen and oxygen atoms in total. The van der Waals surface area contributed by atoms with E-state index in [-0.39, 0.29) is 32.4 Å². The molecule has 0 unspecified atom stereocenters. The Morgan fingerprint density at radius 1 is 0.969 bits per heavy atom. The molecule has 0 aliphatic carbocycles. The highest BCUT2D eigenvalue weighted by atomic mass is 35.5. The third kappa shape index (κ3) is 4.77. The summed E-state index contributed by atoms with van der Waals surface area (Å²) < 4.78 is 45.5. The van der Waals surface area contributed by atoms with E-state index in [2.05, 4.69) is 4.98 Å². The van der Waals surface area contributed by atoms with Crippen LogP contribution in [0.2, 0.25) is 5.02 Å². The summed E-state index contributed by atoms with van der Waals surface area (Å²) in [5.74, 6) is -0.680. The van der Waals surface area contributed by atoms with E-state index in [1.807, 2.05) is 0 Å². The van der Waals surface area contributed by atoms with Gasteiger partial charge in [-0.1, -0.05) is 53.7 Å². The van der Waals surface area contributed by atoms with Crippen molar-refractivity contribution in [2.24, 2.45) is 0 Å². The normalized spacial score (nSPS) is 11.4. The molecule has 3 aromatic carbocycles. The van der Waals surface area contributed by atoms with Crippen LogP contribution in [0.25, 0.3) is 11.5 Å². The molecule has 0 aliphatic heterocycles. The second-order valence-corrected chi connectivity index (χ2v) is 9.90. The van der Waals surface area contributed by atoms with Crippen LogP contribution in [0.3, 0.4) is 0 Å². The van der Waals surface area contributed by atoms with Gasteiger partial charge in [0.25, 0.3) is 0 Å². The lowest BCUT2D eigenvalue weighted by atomic mass is 10.2. The summed E-state index contributed by atoms with van der Waals surface area (Å²) >= 11 is 6.81. The lowest BCUT2D eigenvalue weighted by molar-refractivity contribution is 0.102. The van der Waals surface area contributed by atoms with E-state index in [1.54, 1.807) is 30.3 Å². The molecule has 4 rings (SSSR count). The Morgan fingerprint density at radius 2 is 1.62 bits per heavy atom. The molecule has 0 fully saturated rings. The van der Waals surface area contributed by atoms with Gasteiger partial charge in [-0.25, -0.2) is 12.8 Å². The summed E-state index contributed by atoms with van der Waals surface area (Å²) in [5.41, 5.74) is 0.903. The fourth-order valence-electron chi connectivity index (χ4n) is 2.83. The smallest absolute Gasteiger partial charge is 0.228 e. The Bertz CT molecular complexity index is 1350. The number of hydrogen-bond acceptors (Lipinski definition) is 6. The third-order valence-corrected chi connectivity index (χ3v) is 7.47. The predicted molar refractivity (Wildman–Crippen MR) is 120 cm³/mol. The largest absolute Gasteiger partial charge is 0.428 e. The van der Waals surface area contributed by atoms with Crippen LogP contribution in [0.15, 0.2) is 98.3 Å². The number of benzene rings is 3. The summed E-state index contributed by atoms with van der Waals surface area (Å²) in [6.07, 6.45) is 0. The lowest BCUT2D eigenvalue weighted by Gasteiger charge is -2.04. The van der Waals surface area contributed by atoms with Crippen molar-refractivity contribution in [1.82, 2.24) is 4.98 Å². The quantitative estimate of drug-likeness (QED) is 0.237. The van der Waals surface area contributed by atoms with Crippen molar-refractivity contribution < 1.29 is 22.0 Å². The first kappa shape index (κ1) is 22.3. The first-order valence-electron chi connectivity index (χ1n) is 9.33. The Kier molecular flexibility index (Phi) is 6.45. The maximum absolute atomic E-state index is 13.3. The number of aromatic nitrogens is 1. The van der Waals surface area contributed by atoms with E-state index in [4.69, 9.17) is 16.0 Å². The maximum atomic E-state index is 13.3. The summed E-state index contributed by atoms with van der Waals surface area (Å²) in [7, 11) is -4.06. The molecule has 0 N–H and O–H groups in total. The van der Waals surface area contributed by atoms with Gasteiger partial charge in [0.2, 0.25) is 25.8 Å². The molecule has 9 heteroatoms. The van der Waals surface area contributed by atoms with Gasteiger partial charge in [0, 0.05) is 16.1 Å². The molecular weight excluding hydrogens is 473 g/mol. The molecule has 0 saturated carbocycles. The standard InChI is InChI=1S/C23H15ClFNO4S2/c24-17-8-12-19(13-9-17)32(28,29)22-23(31-14-20(27)15-4-2-1-3-5-15)30-21(26-22)16-6-10-18(25)11-7-16/h1-13H,14H2. The van der Waals surface area contributed by atoms with E-state index in [0.717, 1.165) is 11.8 Å². The Labute approximate surface area is 193 Å². The third-order valence-electron chi connectivity index (χ3n) is 4.47. The first-order chi connectivity index (χ1) is 15.3. The monoisotopic (exact) mass is 487 g/mol. The van der Waals surface area contributed by atoms with Crippen molar-refractivity contribution in [3.63, 3.8) is 0 Å². The van der Waals surface area contributed by atoms with Gasteiger partial charge in [-0.3, -0.25) is 4.79 Å². The number of thioether (sulfide) groups is 1. The lowest BCUT2D eigenvalue weighted by Crippen LogP contribution is -2.05. The van der Waals surface area contributed by atoms with Crippen LogP contribution in [-0.4, -0.2) is 24.9 Å². The second kappa shape index (κ2) is 9.28. The summed E-state index contributed by atoms with van der Waals surface area (Å²) in [4.78, 5) is 16.7. The van der Waals surface area contributed by atoms with Gasteiger partial charge in [-0.05, 0) is 48.5 Å². The molecular formula is C23H15ClFNO4S2. The van der Waals surface area contributed by atoms with E-state index in [1.165, 1.54) is 48.5 Å². The van der Waals surface area contributed by atoms with Crippen LogP contribution in [0.4, 0.5) is 4.39 Å². The highest BCUT2D eigenvalue weighted by molar-refractivity contribution is 8.00. The first-order valence-corrected chi connectivity index (χ1v) is 12.2. The van der Waals surface area contributed by atoms with Gasteiger partial charge in [-0.15, -0.1) is 0 Å². The molecule has 0 radical (unpaired) electrons. The summed E-state index contributed by atoms with van der Waals surface area (Å²) in [5, 5.41) is 0.0488. The van der Waals surface area contributed by atoms with Crippen LogP contribution >= 0.6 is 23.4 Å². The molecule has 0 saturated heterocycles. The van der Waals surface area contributed by atoms with Crippen LogP contribution in [-0.2, 0) is 9.84 Å². The molecule has 0 spiro atoms. The molecule has 4 aromatic rings. The van der Waals surface area contributed by atoms with Crippen LogP contribution in [0.1, 0.15) is 10.4 Å². The Hall–Kier alpha value is -2.94. The number of hydrogen-bond donors (Lipinski definition) is 0. The van der Waals surface area contributed by atoms with Crippen LogP contribution < -0.4 is 0 Å². The molecule has 0 atom stereocenters. The van der Waals surface area contributed by atoms with Crippen molar-refractivity contribution in [3.05, 3.63) is 95.3 Å². The fraction of sp³-hybridized carbons (Fsp3) is 0.0435. The van der Waals surface area contributed by atoms with Crippen LogP contribution in [0, 0.1) is 5.82 Å². The highest BCUT2D eigenvalue weighted by Crippen LogP contribution is 2.35. The van der Waals surface area contributed by atoms with Gasteiger partial charge < -0.3 is 4.42 Å². The van der Waals surface area contributed by atoms with Gasteiger partial charge in [-0.2, -0.15) is 4.98 Å². The van der Waals surface area contributed by atoms with Gasteiger partial charge in [0.15, 0.2) is 5.78 Å². The van der Waals surface area contributed by atoms with Gasteiger partial charge in [0.05, 0.1) is 10.6 Å². The van der Waals surface area contributed by atoms with E-state index >= 15 is 0 Å². The zero-order valence-electron chi connectivity index (χ0n) is 16.4. The number of halogens is 2. The molecule has 32 heavy (non-hydrogen) atoms. The average molecular weight is 488 g/mol. The van der Waals surface area contributed by atoms with E-state index in [0.29, 0.717) is 16.1 Å². The number of rotatable bonds is 7. The number of Topliss-reactive ketones (excluding diaryl/α,β-unsaturated/α-hetero) is 1. The Balaban J connectivity index is 1.72. The zero-order valence-corrected chi connectivity index (χ0v) is 18.8. The molecule has 1 aromatic heterocycles. The molecule has 0 aliphatic rings. The minimum atomic E-state index is -4.06. The fourth-order valence-corrected chi connectivity index (χ4v) is 5.38. The van der Waals surface area contributed by atoms with Crippen molar-refractivity contribution in [2.45, 2.75) is 15.0 Å². The number of carbonyl (C=O) groups excluding carboxylic acids is 1. The molecule has 0 amide bonds. The van der Waals surface area contributed by atoms with E-state index in [9.17, 15) is 17.6 Å². The van der Waals surface area contributed by atoms with E-state index < -0.39 is 15.7 Å². The topological polar surface area (TPSA) is 77.2 Å². The SMILES string of the molecule is O=C(CSc1oc(-c2ccc(F)cc2)nc1S(=O)(=O)c1ccc(Cl)cc1)c1ccccc1. The van der Waals surface area contributed by atoms with Crippen molar-refractivity contribution >= 4 is 39.0 Å². The van der Waals surface area contributed by atoms with Gasteiger partial charge in [0.1, 0.15) is 5.82 Å². The summed E-state index contributed by atoms with van der Waals surface area (Å²) in [6, 6.07) is 19.6. The predicted octanol–water partition coefficient (Wildman–Crippen LogP) is 5.94. The van der Waals surface area contributed by atoms with Crippen molar-refractivity contribution in [3.8, 4) is 11.5 Å². The Morgan fingerprint density at radius 3 is 2.28 bits per heavy atom.